The van der Waals surface area contributed by atoms with E-state index in [1.165, 1.54) is 5.56 Å². The molecule has 92 valence electrons. The maximum atomic E-state index is 10.6. The third-order valence-corrected chi connectivity index (χ3v) is 3.48. The van der Waals surface area contributed by atoms with Crippen LogP contribution in [0.3, 0.4) is 0 Å². The minimum absolute atomic E-state index is 0.758. The Labute approximate surface area is 103 Å². The van der Waals surface area contributed by atoms with Crippen LogP contribution in [0.25, 0.3) is 0 Å². The van der Waals surface area contributed by atoms with Crippen molar-refractivity contribution in [1.82, 2.24) is 0 Å². The molecule has 17 heavy (non-hydrogen) atoms. The van der Waals surface area contributed by atoms with Gasteiger partial charge in [0.2, 0.25) is 0 Å². The van der Waals surface area contributed by atoms with Crippen LogP contribution in [0.2, 0.25) is 0 Å². The van der Waals surface area contributed by atoms with E-state index in [4.69, 9.17) is 4.74 Å². The van der Waals surface area contributed by atoms with Crippen molar-refractivity contribution in [3.05, 3.63) is 47.2 Å². The Kier molecular flexibility index (Phi) is 3.53. The SMILES string of the molecule is CCc1ccc(C(C)(O)C2=COCCC2)cc1. The van der Waals surface area contributed by atoms with Gasteiger partial charge in [0.25, 0.3) is 0 Å². The van der Waals surface area contributed by atoms with Crippen LogP contribution in [0, 0.1) is 0 Å². The van der Waals surface area contributed by atoms with Gasteiger partial charge in [-0.15, -0.1) is 0 Å². The zero-order chi connectivity index (χ0) is 12.3. The molecule has 0 saturated heterocycles. The molecule has 0 spiro atoms. The molecular formula is C15H20O2. The molecule has 0 saturated carbocycles. The monoisotopic (exact) mass is 232 g/mol. The lowest BCUT2D eigenvalue weighted by molar-refractivity contribution is 0.0785. The molecule has 0 radical (unpaired) electrons. The minimum atomic E-state index is -0.910. The Hall–Kier alpha value is -1.28. The summed E-state index contributed by atoms with van der Waals surface area (Å²) in [5.41, 5.74) is 2.28. The predicted molar refractivity (Wildman–Crippen MR) is 68.7 cm³/mol. The highest BCUT2D eigenvalue weighted by Gasteiger charge is 2.29. The second kappa shape index (κ2) is 4.92. The Balaban J connectivity index is 2.26. The quantitative estimate of drug-likeness (QED) is 0.867. The molecule has 1 aromatic carbocycles. The first-order valence-electron chi connectivity index (χ1n) is 6.27. The topological polar surface area (TPSA) is 29.5 Å². The van der Waals surface area contributed by atoms with Crippen LogP contribution in [-0.2, 0) is 16.8 Å². The fraction of sp³-hybridized carbons (Fsp3) is 0.467. The zero-order valence-corrected chi connectivity index (χ0v) is 10.6. The van der Waals surface area contributed by atoms with Gasteiger partial charge in [-0.3, -0.25) is 0 Å². The number of hydrogen-bond acceptors (Lipinski definition) is 2. The third-order valence-electron chi connectivity index (χ3n) is 3.48. The van der Waals surface area contributed by atoms with Crippen molar-refractivity contribution in [3.63, 3.8) is 0 Å². The number of ether oxygens (including phenoxy) is 1. The first kappa shape index (κ1) is 12.2. The fourth-order valence-corrected chi connectivity index (χ4v) is 2.17. The van der Waals surface area contributed by atoms with Crippen LogP contribution in [0.4, 0.5) is 0 Å². The molecule has 0 fully saturated rings. The summed E-state index contributed by atoms with van der Waals surface area (Å²) in [7, 11) is 0. The van der Waals surface area contributed by atoms with Gasteiger partial charge in [0.05, 0.1) is 12.9 Å². The van der Waals surface area contributed by atoms with Crippen LogP contribution in [0.1, 0.15) is 37.8 Å². The largest absolute Gasteiger partial charge is 0.501 e. The number of hydrogen-bond donors (Lipinski definition) is 1. The summed E-state index contributed by atoms with van der Waals surface area (Å²) in [6, 6.07) is 8.17. The van der Waals surface area contributed by atoms with Gasteiger partial charge in [-0.2, -0.15) is 0 Å². The maximum Gasteiger partial charge on any atom is 0.111 e. The molecule has 2 rings (SSSR count). The summed E-state index contributed by atoms with van der Waals surface area (Å²) in [6.45, 7) is 4.73. The summed E-state index contributed by atoms with van der Waals surface area (Å²) < 4.78 is 5.31. The first-order chi connectivity index (χ1) is 8.14. The summed E-state index contributed by atoms with van der Waals surface area (Å²) in [4.78, 5) is 0. The van der Waals surface area contributed by atoms with E-state index in [0.717, 1.165) is 37.0 Å². The molecule has 1 aromatic rings. The van der Waals surface area contributed by atoms with E-state index in [1.54, 1.807) is 6.26 Å². The Bertz CT molecular complexity index is 401. The highest BCUT2D eigenvalue weighted by molar-refractivity contribution is 5.33. The molecule has 0 amide bonds. The summed E-state index contributed by atoms with van der Waals surface area (Å²) >= 11 is 0. The van der Waals surface area contributed by atoms with Crippen LogP contribution < -0.4 is 0 Å². The highest BCUT2D eigenvalue weighted by Crippen LogP contribution is 2.33. The van der Waals surface area contributed by atoms with Gasteiger partial charge in [-0.1, -0.05) is 31.2 Å². The lowest BCUT2D eigenvalue weighted by Crippen LogP contribution is -2.26. The van der Waals surface area contributed by atoms with Crippen molar-refractivity contribution < 1.29 is 9.84 Å². The lowest BCUT2D eigenvalue weighted by Gasteiger charge is -2.29. The Morgan fingerprint density at radius 2 is 2.00 bits per heavy atom. The zero-order valence-electron chi connectivity index (χ0n) is 10.6. The lowest BCUT2D eigenvalue weighted by atomic mass is 9.85. The standard InChI is InChI=1S/C15H20O2/c1-3-12-6-8-13(9-7-12)15(2,16)14-5-4-10-17-11-14/h6-9,11,16H,3-5,10H2,1-2H3. The van der Waals surface area contributed by atoms with Crippen molar-refractivity contribution in [2.24, 2.45) is 0 Å². The van der Waals surface area contributed by atoms with Gasteiger partial charge in [-0.05, 0) is 42.9 Å². The van der Waals surface area contributed by atoms with Gasteiger partial charge >= 0.3 is 0 Å². The summed E-state index contributed by atoms with van der Waals surface area (Å²) in [6.07, 6.45) is 4.63. The Morgan fingerprint density at radius 1 is 1.29 bits per heavy atom. The molecule has 1 N–H and O–H groups in total. The number of rotatable bonds is 3. The van der Waals surface area contributed by atoms with Crippen molar-refractivity contribution in [3.8, 4) is 0 Å². The molecule has 1 heterocycles. The van der Waals surface area contributed by atoms with E-state index >= 15 is 0 Å². The second-order valence-corrected chi connectivity index (χ2v) is 4.74. The van der Waals surface area contributed by atoms with Crippen LogP contribution in [0.15, 0.2) is 36.1 Å². The van der Waals surface area contributed by atoms with Gasteiger partial charge < -0.3 is 9.84 Å². The average molecular weight is 232 g/mol. The average Bonchev–Trinajstić information content (AvgIpc) is 2.40. The number of benzene rings is 1. The molecule has 1 unspecified atom stereocenters. The molecule has 2 nitrogen and oxygen atoms in total. The molecule has 1 aliphatic rings. The van der Waals surface area contributed by atoms with Crippen LogP contribution in [-0.4, -0.2) is 11.7 Å². The van der Waals surface area contributed by atoms with Crippen molar-refractivity contribution in [2.75, 3.05) is 6.61 Å². The fourth-order valence-electron chi connectivity index (χ4n) is 2.17. The third kappa shape index (κ3) is 2.52. The normalized spacial score (nSPS) is 19.1. The molecule has 0 aliphatic carbocycles. The van der Waals surface area contributed by atoms with E-state index in [2.05, 4.69) is 19.1 Å². The van der Waals surface area contributed by atoms with Crippen molar-refractivity contribution in [1.29, 1.82) is 0 Å². The smallest absolute Gasteiger partial charge is 0.111 e. The van der Waals surface area contributed by atoms with Crippen LogP contribution in [0.5, 0.6) is 0 Å². The minimum Gasteiger partial charge on any atom is -0.501 e. The van der Waals surface area contributed by atoms with E-state index in [9.17, 15) is 5.11 Å². The summed E-state index contributed by atoms with van der Waals surface area (Å²) in [5.74, 6) is 0. The van der Waals surface area contributed by atoms with Gasteiger partial charge in [0.1, 0.15) is 5.60 Å². The number of aliphatic hydroxyl groups is 1. The summed E-state index contributed by atoms with van der Waals surface area (Å²) in [5, 5.41) is 10.6. The van der Waals surface area contributed by atoms with E-state index in [-0.39, 0.29) is 0 Å². The number of aryl methyl sites for hydroxylation is 1. The van der Waals surface area contributed by atoms with Gasteiger partial charge in [-0.25, -0.2) is 0 Å². The molecule has 1 atom stereocenters. The predicted octanol–water partition coefficient (Wildman–Crippen LogP) is 3.15. The van der Waals surface area contributed by atoms with Gasteiger partial charge in [0.15, 0.2) is 0 Å². The van der Waals surface area contributed by atoms with E-state index in [1.807, 2.05) is 19.1 Å². The molecular weight excluding hydrogens is 212 g/mol. The Morgan fingerprint density at radius 3 is 2.53 bits per heavy atom. The van der Waals surface area contributed by atoms with E-state index in [0.29, 0.717) is 0 Å². The van der Waals surface area contributed by atoms with Crippen LogP contribution >= 0.6 is 0 Å². The second-order valence-electron chi connectivity index (χ2n) is 4.74. The van der Waals surface area contributed by atoms with Crippen molar-refractivity contribution >= 4 is 0 Å². The molecule has 2 heteroatoms. The first-order valence-corrected chi connectivity index (χ1v) is 6.27. The van der Waals surface area contributed by atoms with Gasteiger partial charge in [0, 0.05) is 0 Å². The highest BCUT2D eigenvalue weighted by atomic mass is 16.5. The molecule has 0 bridgehead atoms. The van der Waals surface area contributed by atoms with E-state index < -0.39 is 5.60 Å². The molecule has 1 aliphatic heterocycles. The maximum absolute atomic E-state index is 10.6. The van der Waals surface area contributed by atoms with Crippen molar-refractivity contribution in [2.45, 2.75) is 38.7 Å². The molecule has 0 aromatic heterocycles.